The van der Waals surface area contributed by atoms with Gasteiger partial charge in [0, 0.05) is 0 Å². The van der Waals surface area contributed by atoms with Crippen LogP contribution in [0.4, 0.5) is 0 Å². The van der Waals surface area contributed by atoms with Gasteiger partial charge in [-0.3, -0.25) is 9.59 Å². The van der Waals surface area contributed by atoms with Crippen molar-refractivity contribution in [2.24, 2.45) is 0 Å². The lowest BCUT2D eigenvalue weighted by atomic mass is 9.92. The maximum atomic E-state index is 14.1. The molecule has 0 spiro atoms. The number of ether oxygens (including phenoxy) is 4. The molecule has 1 N–H and O–H groups in total. The van der Waals surface area contributed by atoms with Crippen LogP contribution in [0.15, 0.2) is 121 Å². The minimum absolute atomic E-state index is 0.0456. The molecule has 4 atom stereocenters. The molecule has 0 saturated carbocycles. The number of amides is 1. The molecule has 1 saturated heterocycles. The van der Waals surface area contributed by atoms with Gasteiger partial charge in [-0.25, -0.2) is 0 Å². The van der Waals surface area contributed by atoms with Crippen molar-refractivity contribution in [2.45, 2.75) is 50.8 Å². The van der Waals surface area contributed by atoms with Crippen molar-refractivity contribution in [1.29, 1.82) is 0 Å². The van der Waals surface area contributed by atoms with Crippen LogP contribution in [0.2, 0.25) is 0 Å². The van der Waals surface area contributed by atoms with Crippen LogP contribution in [0.5, 0.6) is 0 Å². The van der Waals surface area contributed by atoms with Crippen molar-refractivity contribution >= 4 is 11.9 Å². The zero-order valence-electron chi connectivity index (χ0n) is 24.4. The zero-order chi connectivity index (χ0) is 30.6. The van der Waals surface area contributed by atoms with Gasteiger partial charge in [0.15, 0.2) is 6.10 Å². The average Bonchev–Trinajstić information content (AvgIpc) is 3.06. The van der Waals surface area contributed by atoms with E-state index in [9.17, 15) is 14.7 Å². The molecule has 1 amide bonds. The van der Waals surface area contributed by atoms with E-state index in [0.717, 1.165) is 22.3 Å². The van der Waals surface area contributed by atoms with E-state index in [1.165, 1.54) is 4.90 Å². The summed E-state index contributed by atoms with van der Waals surface area (Å²) in [5.41, 5.74) is 3.69. The van der Waals surface area contributed by atoms with E-state index in [2.05, 4.69) is 0 Å². The van der Waals surface area contributed by atoms with E-state index in [0.29, 0.717) is 6.61 Å². The number of carboxylic acids is 1. The number of hydrogen-bond donors (Lipinski definition) is 1. The van der Waals surface area contributed by atoms with E-state index in [4.69, 9.17) is 18.9 Å². The zero-order valence-corrected chi connectivity index (χ0v) is 24.4. The highest BCUT2D eigenvalue weighted by atomic mass is 16.6. The molecule has 1 aliphatic rings. The number of likely N-dealkylation sites (tertiary alicyclic amines) is 1. The molecule has 1 heterocycles. The largest absolute Gasteiger partial charge is 0.480 e. The summed E-state index contributed by atoms with van der Waals surface area (Å²) >= 11 is 0. The van der Waals surface area contributed by atoms with Crippen LogP contribution < -0.4 is 0 Å². The summed E-state index contributed by atoms with van der Waals surface area (Å²) in [5, 5.41) is 9.86. The normalized spacial score (nSPS) is 20.0. The SMILES string of the molecule is O=C(O)CN1C(=O)[C@H](OCc2ccccc2)[C@@H](OCc2ccccc2)[C@H](OCc2ccccc2)[C@H]1COCc1ccccc1. The Balaban J connectivity index is 1.47. The van der Waals surface area contributed by atoms with Gasteiger partial charge in [0.05, 0.1) is 39.1 Å². The number of piperidine rings is 1. The van der Waals surface area contributed by atoms with Crippen molar-refractivity contribution in [3.05, 3.63) is 144 Å². The number of carboxylic acid groups (broad SMARTS) is 1. The van der Waals surface area contributed by atoms with Crippen LogP contribution in [0.3, 0.4) is 0 Å². The molecule has 8 heteroatoms. The third-order valence-electron chi connectivity index (χ3n) is 7.48. The van der Waals surface area contributed by atoms with Gasteiger partial charge in [-0.2, -0.15) is 0 Å². The summed E-state index contributed by atoms with van der Waals surface area (Å²) in [7, 11) is 0. The fourth-order valence-corrected chi connectivity index (χ4v) is 5.28. The summed E-state index contributed by atoms with van der Waals surface area (Å²) in [6, 6.07) is 37.8. The fraction of sp³-hybridized carbons (Fsp3) is 0.278. The number of benzene rings is 4. The van der Waals surface area contributed by atoms with Crippen LogP contribution in [-0.2, 0) is 55.0 Å². The molecule has 1 fully saturated rings. The van der Waals surface area contributed by atoms with Crippen LogP contribution in [0, 0.1) is 0 Å². The Labute approximate surface area is 257 Å². The Kier molecular flexibility index (Phi) is 11.3. The third-order valence-corrected chi connectivity index (χ3v) is 7.48. The summed E-state index contributed by atoms with van der Waals surface area (Å²) in [6.07, 6.45) is -2.71. The second-order valence-corrected chi connectivity index (χ2v) is 10.7. The van der Waals surface area contributed by atoms with Crippen molar-refractivity contribution < 1.29 is 33.6 Å². The number of carbonyl (C=O) groups is 2. The van der Waals surface area contributed by atoms with E-state index in [-0.39, 0.29) is 26.4 Å². The highest BCUT2D eigenvalue weighted by Crippen LogP contribution is 2.30. The third kappa shape index (κ3) is 8.61. The number of aliphatic carboxylic acids is 1. The Bertz CT molecular complexity index is 1440. The van der Waals surface area contributed by atoms with Crippen LogP contribution in [0.25, 0.3) is 0 Å². The molecule has 8 nitrogen and oxygen atoms in total. The van der Waals surface area contributed by atoms with Gasteiger partial charge < -0.3 is 29.0 Å². The molecule has 5 rings (SSSR count). The maximum Gasteiger partial charge on any atom is 0.323 e. The summed E-state index contributed by atoms with van der Waals surface area (Å²) < 4.78 is 25.4. The van der Waals surface area contributed by atoms with Gasteiger partial charge >= 0.3 is 5.97 Å². The average molecular weight is 596 g/mol. The molecule has 0 aliphatic carbocycles. The fourth-order valence-electron chi connectivity index (χ4n) is 5.28. The predicted octanol–water partition coefficient (Wildman–Crippen LogP) is 5.25. The molecular formula is C36H37NO7. The van der Waals surface area contributed by atoms with Crippen LogP contribution >= 0.6 is 0 Å². The molecule has 0 unspecified atom stereocenters. The number of hydrogen-bond acceptors (Lipinski definition) is 6. The van der Waals surface area contributed by atoms with Crippen LogP contribution in [0.1, 0.15) is 22.3 Å². The first-order chi connectivity index (χ1) is 21.6. The lowest BCUT2D eigenvalue weighted by molar-refractivity contribution is -0.214. The van der Waals surface area contributed by atoms with Gasteiger partial charge in [0.2, 0.25) is 0 Å². The lowest BCUT2D eigenvalue weighted by Crippen LogP contribution is -2.68. The Hall–Kier alpha value is -4.34. The summed E-state index contributed by atoms with van der Waals surface area (Å²) in [6.45, 7) is 0.396. The quantitative estimate of drug-likeness (QED) is 0.201. The number of carbonyl (C=O) groups excluding carboxylic acids is 1. The van der Waals surface area contributed by atoms with E-state index in [1.54, 1.807) is 0 Å². The monoisotopic (exact) mass is 595 g/mol. The Morgan fingerprint density at radius 1 is 0.591 bits per heavy atom. The topological polar surface area (TPSA) is 94.5 Å². The standard InChI is InChI=1S/C36H37NO7/c38-32(39)21-37-31(26-41-22-27-13-5-1-6-14-27)33(42-23-28-15-7-2-8-16-28)34(43-24-29-17-9-3-10-18-29)35(36(37)40)44-25-30-19-11-4-12-20-30/h1-20,31,33-35H,21-26H2,(H,38,39)/t31-,33-,34+,35-/m1/s1. The highest BCUT2D eigenvalue weighted by molar-refractivity contribution is 5.86. The molecule has 44 heavy (non-hydrogen) atoms. The minimum atomic E-state index is -1.14. The van der Waals surface area contributed by atoms with Crippen molar-refractivity contribution in [3.8, 4) is 0 Å². The molecule has 4 aromatic rings. The van der Waals surface area contributed by atoms with Crippen molar-refractivity contribution in [1.82, 2.24) is 4.90 Å². The summed E-state index contributed by atoms with van der Waals surface area (Å²) in [5.74, 6) is -1.62. The van der Waals surface area contributed by atoms with Crippen molar-refractivity contribution in [3.63, 3.8) is 0 Å². The molecule has 1 aliphatic heterocycles. The number of nitrogens with zero attached hydrogens (tertiary/aromatic N) is 1. The van der Waals surface area contributed by atoms with Crippen LogP contribution in [-0.4, -0.2) is 59.4 Å². The second-order valence-electron chi connectivity index (χ2n) is 10.7. The van der Waals surface area contributed by atoms with Gasteiger partial charge in [-0.05, 0) is 22.3 Å². The first kappa shape index (κ1) is 31.1. The summed E-state index contributed by atoms with van der Waals surface area (Å²) in [4.78, 5) is 27.5. The Morgan fingerprint density at radius 3 is 1.45 bits per heavy atom. The molecule has 0 bridgehead atoms. The van der Waals surface area contributed by atoms with E-state index >= 15 is 0 Å². The van der Waals surface area contributed by atoms with Gasteiger partial charge in [0.25, 0.3) is 5.91 Å². The second kappa shape index (κ2) is 15.9. The molecule has 228 valence electrons. The molecule has 0 radical (unpaired) electrons. The Morgan fingerprint density at radius 2 is 1.00 bits per heavy atom. The molecular weight excluding hydrogens is 558 g/mol. The smallest absolute Gasteiger partial charge is 0.323 e. The predicted molar refractivity (Wildman–Crippen MR) is 164 cm³/mol. The van der Waals surface area contributed by atoms with Crippen molar-refractivity contribution in [2.75, 3.05) is 13.2 Å². The molecule has 4 aromatic carbocycles. The lowest BCUT2D eigenvalue weighted by Gasteiger charge is -2.47. The maximum absolute atomic E-state index is 14.1. The molecule has 0 aromatic heterocycles. The minimum Gasteiger partial charge on any atom is -0.480 e. The first-order valence-corrected chi connectivity index (χ1v) is 14.7. The number of rotatable bonds is 15. The first-order valence-electron chi connectivity index (χ1n) is 14.7. The van der Waals surface area contributed by atoms with E-state index in [1.807, 2.05) is 121 Å². The van der Waals surface area contributed by atoms with Gasteiger partial charge in [-0.15, -0.1) is 0 Å². The highest BCUT2D eigenvalue weighted by Gasteiger charge is 2.51. The van der Waals surface area contributed by atoms with Gasteiger partial charge in [-0.1, -0.05) is 121 Å². The van der Waals surface area contributed by atoms with Gasteiger partial charge in [0.1, 0.15) is 18.8 Å². The van der Waals surface area contributed by atoms with E-state index < -0.39 is 42.8 Å².